The number of aromatic nitrogens is 2. The van der Waals surface area contributed by atoms with Crippen LogP contribution >= 0.6 is 0 Å². The van der Waals surface area contributed by atoms with Crippen LogP contribution in [0.3, 0.4) is 0 Å². The Kier molecular flexibility index (Phi) is 8.07. The third kappa shape index (κ3) is 6.69. The SMILES string of the molecule is CS(=O)(=O)Nc1c(NCC2CCC3(CCC3)CC2)nc(C#N)nc1OCCC1CCN(C(=O)O)CC1. The van der Waals surface area contributed by atoms with Crippen molar-refractivity contribution in [3.8, 4) is 11.9 Å². The van der Waals surface area contributed by atoms with Crippen molar-refractivity contribution in [2.45, 2.75) is 64.2 Å². The zero-order valence-corrected chi connectivity index (χ0v) is 21.6. The van der Waals surface area contributed by atoms with Crippen LogP contribution in [0.15, 0.2) is 0 Å². The van der Waals surface area contributed by atoms with Gasteiger partial charge in [0.15, 0.2) is 11.5 Å². The van der Waals surface area contributed by atoms with Crippen molar-refractivity contribution in [2.75, 3.05) is 42.5 Å². The maximum atomic E-state index is 12.1. The minimum Gasteiger partial charge on any atom is -0.476 e. The van der Waals surface area contributed by atoms with Crippen LogP contribution in [-0.4, -0.2) is 67.0 Å². The third-order valence-electron chi connectivity index (χ3n) is 8.05. The van der Waals surface area contributed by atoms with Gasteiger partial charge in [-0.2, -0.15) is 15.2 Å². The van der Waals surface area contributed by atoms with E-state index in [0.717, 1.165) is 31.9 Å². The molecule has 1 amide bonds. The van der Waals surface area contributed by atoms with Gasteiger partial charge in [-0.25, -0.2) is 13.2 Å². The number of anilines is 2. The average Bonchev–Trinajstić information content (AvgIpc) is 2.82. The topological polar surface area (TPSA) is 158 Å². The van der Waals surface area contributed by atoms with E-state index in [0.29, 0.717) is 43.3 Å². The van der Waals surface area contributed by atoms with Crippen LogP contribution in [0.4, 0.5) is 16.3 Å². The Balaban J connectivity index is 1.41. The molecule has 2 heterocycles. The van der Waals surface area contributed by atoms with Gasteiger partial charge in [0.1, 0.15) is 6.07 Å². The van der Waals surface area contributed by atoms with E-state index < -0.39 is 16.1 Å². The second-order valence-corrected chi connectivity index (χ2v) is 12.3. The van der Waals surface area contributed by atoms with Gasteiger partial charge in [0.25, 0.3) is 0 Å². The third-order valence-corrected chi connectivity index (χ3v) is 8.63. The summed E-state index contributed by atoms with van der Waals surface area (Å²) >= 11 is 0. The van der Waals surface area contributed by atoms with Crippen LogP contribution in [0, 0.1) is 28.6 Å². The summed E-state index contributed by atoms with van der Waals surface area (Å²) in [4.78, 5) is 20.9. The van der Waals surface area contributed by atoms with Gasteiger partial charge in [0.05, 0.1) is 12.9 Å². The van der Waals surface area contributed by atoms with Gasteiger partial charge in [-0.3, -0.25) is 4.72 Å². The lowest BCUT2D eigenvalue weighted by molar-refractivity contribution is 0.0581. The number of nitrogens with one attached hydrogen (secondary N) is 2. The maximum absolute atomic E-state index is 12.1. The normalized spacial score (nSPS) is 20.4. The zero-order chi connectivity index (χ0) is 25.8. The maximum Gasteiger partial charge on any atom is 0.407 e. The molecule has 0 bridgehead atoms. The van der Waals surface area contributed by atoms with Crippen molar-refractivity contribution in [2.24, 2.45) is 17.3 Å². The van der Waals surface area contributed by atoms with E-state index in [1.807, 2.05) is 6.07 Å². The lowest BCUT2D eigenvalue weighted by Crippen LogP contribution is -2.37. The number of carboxylic acid groups (broad SMARTS) is 1. The van der Waals surface area contributed by atoms with E-state index in [-0.39, 0.29) is 29.8 Å². The van der Waals surface area contributed by atoms with Crippen LogP contribution in [0.2, 0.25) is 0 Å². The first-order chi connectivity index (χ1) is 17.2. The van der Waals surface area contributed by atoms with Crippen molar-refractivity contribution in [3.63, 3.8) is 0 Å². The summed E-state index contributed by atoms with van der Waals surface area (Å²) in [5.41, 5.74) is 0.677. The molecular weight excluding hydrogens is 484 g/mol. The first-order valence-electron chi connectivity index (χ1n) is 12.8. The number of nitrogens with zero attached hydrogens (tertiary/aromatic N) is 4. The van der Waals surface area contributed by atoms with Crippen molar-refractivity contribution < 1.29 is 23.1 Å². The number of carbonyl (C=O) groups is 1. The summed E-state index contributed by atoms with van der Waals surface area (Å²) in [5.74, 6) is 0.935. The minimum atomic E-state index is -3.65. The number of nitriles is 1. The molecule has 2 saturated carbocycles. The minimum absolute atomic E-state index is 0.0227. The predicted molar refractivity (Wildman–Crippen MR) is 134 cm³/mol. The van der Waals surface area contributed by atoms with Gasteiger partial charge in [0.2, 0.25) is 21.7 Å². The van der Waals surface area contributed by atoms with Gasteiger partial charge >= 0.3 is 6.09 Å². The van der Waals surface area contributed by atoms with Gasteiger partial charge in [-0.15, -0.1) is 0 Å². The van der Waals surface area contributed by atoms with E-state index in [4.69, 9.17) is 9.84 Å². The second-order valence-electron chi connectivity index (χ2n) is 10.6. The molecule has 198 valence electrons. The van der Waals surface area contributed by atoms with Gasteiger partial charge in [-0.05, 0) is 75.0 Å². The number of piperidine rings is 1. The fourth-order valence-corrected chi connectivity index (χ4v) is 6.20. The van der Waals surface area contributed by atoms with Gasteiger partial charge in [0, 0.05) is 19.6 Å². The molecule has 1 aliphatic heterocycles. The van der Waals surface area contributed by atoms with Crippen LogP contribution in [0.1, 0.15) is 70.0 Å². The molecule has 1 saturated heterocycles. The molecule has 36 heavy (non-hydrogen) atoms. The first kappa shape index (κ1) is 26.3. The molecule has 0 radical (unpaired) electrons. The molecule has 0 unspecified atom stereocenters. The zero-order valence-electron chi connectivity index (χ0n) is 20.8. The highest BCUT2D eigenvalue weighted by Crippen LogP contribution is 2.52. The first-order valence-corrected chi connectivity index (χ1v) is 14.7. The summed E-state index contributed by atoms with van der Waals surface area (Å²) in [6, 6.07) is 1.94. The van der Waals surface area contributed by atoms with E-state index >= 15 is 0 Å². The van der Waals surface area contributed by atoms with E-state index in [9.17, 15) is 18.5 Å². The van der Waals surface area contributed by atoms with E-state index in [2.05, 4.69) is 20.0 Å². The highest BCUT2D eigenvalue weighted by Gasteiger charge is 2.39. The van der Waals surface area contributed by atoms with Gasteiger partial charge in [-0.1, -0.05) is 6.42 Å². The fourth-order valence-electron chi connectivity index (χ4n) is 5.65. The Labute approximate surface area is 212 Å². The molecule has 2 aliphatic carbocycles. The van der Waals surface area contributed by atoms with Crippen LogP contribution in [0.25, 0.3) is 0 Å². The number of hydrogen-bond donors (Lipinski definition) is 3. The molecular formula is C24H36N6O5S. The molecule has 11 nitrogen and oxygen atoms in total. The summed E-state index contributed by atoms with van der Waals surface area (Å²) in [6.45, 7) is 1.88. The molecule has 0 atom stereocenters. The number of hydrogen-bond acceptors (Lipinski definition) is 8. The molecule has 0 aromatic carbocycles. The second kappa shape index (κ2) is 11.1. The Bertz CT molecular complexity index is 1080. The Morgan fingerprint density at radius 2 is 1.86 bits per heavy atom. The highest BCUT2D eigenvalue weighted by molar-refractivity contribution is 7.92. The largest absolute Gasteiger partial charge is 0.476 e. The standard InChI is InChI=1S/C24H36N6O5S/c1-36(33,34)29-20-21(26-16-18-3-10-24(11-4-18)8-2-9-24)27-19(15-25)28-22(20)35-14-7-17-5-12-30(13-6-17)23(31)32/h17-18,29H,2-14,16H2,1H3,(H,31,32)(H,26,27,28). The number of rotatable bonds is 9. The molecule has 1 aromatic rings. The summed E-state index contributed by atoms with van der Waals surface area (Å²) < 4.78 is 32.6. The Hall–Kier alpha value is -2.81. The van der Waals surface area contributed by atoms with Gasteiger partial charge < -0.3 is 20.1 Å². The highest BCUT2D eigenvalue weighted by atomic mass is 32.2. The number of likely N-dealkylation sites (tertiary alicyclic amines) is 1. The van der Waals surface area contributed by atoms with Crippen molar-refractivity contribution in [1.82, 2.24) is 14.9 Å². The molecule has 3 fully saturated rings. The van der Waals surface area contributed by atoms with Crippen LogP contribution in [-0.2, 0) is 10.0 Å². The molecule has 3 N–H and O–H groups in total. The van der Waals surface area contributed by atoms with Crippen LogP contribution in [0.5, 0.6) is 5.88 Å². The predicted octanol–water partition coefficient (Wildman–Crippen LogP) is 3.65. The summed E-state index contributed by atoms with van der Waals surface area (Å²) in [7, 11) is -3.65. The average molecular weight is 521 g/mol. The van der Waals surface area contributed by atoms with Crippen molar-refractivity contribution >= 4 is 27.6 Å². The summed E-state index contributed by atoms with van der Waals surface area (Å²) in [6.07, 6.45) is 11.1. The van der Waals surface area contributed by atoms with E-state index in [1.54, 1.807) is 0 Å². The lowest BCUT2D eigenvalue weighted by Gasteiger charge is -2.47. The lowest BCUT2D eigenvalue weighted by atomic mass is 9.59. The smallest absolute Gasteiger partial charge is 0.407 e. The molecule has 3 aliphatic rings. The number of sulfonamides is 1. The van der Waals surface area contributed by atoms with Crippen molar-refractivity contribution in [3.05, 3.63) is 5.82 Å². The monoisotopic (exact) mass is 520 g/mol. The Morgan fingerprint density at radius 3 is 2.42 bits per heavy atom. The fraction of sp³-hybridized carbons (Fsp3) is 0.750. The number of ether oxygens (including phenoxy) is 1. The van der Waals surface area contributed by atoms with Crippen molar-refractivity contribution in [1.29, 1.82) is 5.26 Å². The molecule has 1 aromatic heterocycles. The molecule has 12 heteroatoms. The van der Waals surface area contributed by atoms with Crippen LogP contribution < -0.4 is 14.8 Å². The molecule has 1 spiro atoms. The Morgan fingerprint density at radius 1 is 1.17 bits per heavy atom. The summed E-state index contributed by atoms with van der Waals surface area (Å²) in [5, 5.41) is 21.8. The quantitative estimate of drug-likeness (QED) is 0.442. The number of amides is 1. The van der Waals surface area contributed by atoms with E-state index in [1.165, 1.54) is 37.0 Å². The molecule has 4 rings (SSSR count).